The van der Waals surface area contributed by atoms with Crippen molar-refractivity contribution in [2.24, 2.45) is 0 Å². The lowest BCUT2D eigenvalue weighted by Gasteiger charge is -2.18. The third-order valence-corrected chi connectivity index (χ3v) is 4.97. The normalized spacial score (nSPS) is 12.6. The molecule has 1 amide bonds. The molecule has 0 atom stereocenters. The third-order valence-electron chi connectivity index (χ3n) is 4.03. The zero-order chi connectivity index (χ0) is 18.1. The first-order chi connectivity index (χ1) is 11.9. The minimum atomic E-state index is -0.520. The third kappa shape index (κ3) is 3.21. The number of carbonyl (C=O) groups is 2. The van der Waals surface area contributed by atoms with Gasteiger partial charge in [0.1, 0.15) is 0 Å². The van der Waals surface area contributed by atoms with Gasteiger partial charge in [-0.3, -0.25) is 14.9 Å². The van der Waals surface area contributed by atoms with Gasteiger partial charge in [-0.1, -0.05) is 0 Å². The molecule has 0 radical (unpaired) electrons. The average Bonchev–Trinajstić information content (AvgIpc) is 3.03. The molecule has 0 N–H and O–H groups in total. The molecule has 128 valence electrons. The summed E-state index contributed by atoms with van der Waals surface area (Å²) in [6.07, 6.45) is 0.609. The van der Waals surface area contributed by atoms with Crippen molar-refractivity contribution in [1.29, 1.82) is 0 Å². The lowest BCUT2D eigenvalue weighted by Crippen LogP contribution is -2.29. The van der Waals surface area contributed by atoms with Crippen molar-refractivity contribution >= 4 is 45.8 Å². The van der Waals surface area contributed by atoms with E-state index in [9.17, 15) is 19.7 Å². The van der Waals surface area contributed by atoms with Crippen molar-refractivity contribution in [3.8, 4) is 0 Å². The summed E-state index contributed by atoms with van der Waals surface area (Å²) in [5.41, 5.74) is 2.18. The highest BCUT2D eigenvalue weighted by atomic mass is 127. The van der Waals surface area contributed by atoms with Crippen LogP contribution in [0.2, 0.25) is 0 Å². The van der Waals surface area contributed by atoms with E-state index in [-0.39, 0.29) is 11.6 Å². The highest BCUT2D eigenvalue weighted by molar-refractivity contribution is 14.1. The number of esters is 1. The largest absolute Gasteiger partial charge is 0.465 e. The molecule has 1 aliphatic rings. The Morgan fingerprint density at radius 1 is 1.24 bits per heavy atom. The Morgan fingerprint density at radius 2 is 2.00 bits per heavy atom. The van der Waals surface area contributed by atoms with Crippen molar-refractivity contribution in [2.75, 3.05) is 18.6 Å². The molecule has 0 aromatic heterocycles. The van der Waals surface area contributed by atoms with Gasteiger partial charge in [-0.25, -0.2) is 4.79 Å². The van der Waals surface area contributed by atoms with Crippen LogP contribution in [0.25, 0.3) is 0 Å². The number of amides is 1. The van der Waals surface area contributed by atoms with Crippen molar-refractivity contribution in [3.05, 3.63) is 66.8 Å². The molecule has 2 aromatic rings. The molecule has 1 heterocycles. The summed E-state index contributed by atoms with van der Waals surface area (Å²) in [7, 11) is 1.32. The fraction of sp³-hybridized carbons (Fsp3) is 0.176. The first kappa shape index (κ1) is 17.3. The SMILES string of the molecule is COC(=O)c1ccc2c(c1)CCN2C(=O)c1cc([N+](=O)[O-])ccc1I. The van der Waals surface area contributed by atoms with Crippen LogP contribution in [0.5, 0.6) is 0 Å². The number of methoxy groups -OCH3 is 1. The Balaban J connectivity index is 1.95. The van der Waals surface area contributed by atoms with Gasteiger partial charge in [0.05, 0.1) is 23.2 Å². The Hall–Kier alpha value is -2.49. The van der Waals surface area contributed by atoms with E-state index in [0.29, 0.717) is 33.4 Å². The molecule has 0 bridgehead atoms. The lowest BCUT2D eigenvalue weighted by molar-refractivity contribution is -0.384. The number of anilines is 1. The number of nitrogens with zero attached hydrogens (tertiary/aromatic N) is 2. The van der Waals surface area contributed by atoms with Gasteiger partial charge in [0.25, 0.3) is 11.6 Å². The second-order valence-corrected chi connectivity index (χ2v) is 6.63. The van der Waals surface area contributed by atoms with Crippen LogP contribution in [-0.2, 0) is 11.2 Å². The maximum Gasteiger partial charge on any atom is 0.337 e. The second-order valence-electron chi connectivity index (χ2n) is 5.46. The maximum atomic E-state index is 12.9. The molecule has 7 nitrogen and oxygen atoms in total. The predicted octanol–water partition coefficient (Wildman–Crippen LogP) is 3.19. The van der Waals surface area contributed by atoms with Crippen LogP contribution in [0.1, 0.15) is 26.3 Å². The monoisotopic (exact) mass is 452 g/mol. The number of fused-ring (bicyclic) bond motifs is 1. The second kappa shape index (κ2) is 6.79. The summed E-state index contributed by atoms with van der Waals surface area (Å²) in [6, 6.07) is 9.26. The number of carbonyl (C=O) groups excluding carboxylic acids is 2. The fourth-order valence-electron chi connectivity index (χ4n) is 2.79. The number of hydrogen-bond donors (Lipinski definition) is 0. The molecule has 0 unspecified atom stereocenters. The van der Waals surface area contributed by atoms with E-state index in [1.54, 1.807) is 29.2 Å². The van der Waals surface area contributed by atoms with E-state index >= 15 is 0 Å². The standard InChI is InChI=1S/C17H13IN2O5/c1-25-17(22)11-2-5-15-10(8-11)6-7-19(15)16(21)13-9-12(20(23)24)3-4-14(13)18/h2-5,8-9H,6-7H2,1H3. The number of ether oxygens (including phenoxy) is 1. The topological polar surface area (TPSA) is 89.8 Å². The van der Waals surface area contributed by atoms with Gasteiger partial charge in [0, 0.05) is 27.9 Å². The lowest BCUT2D eigenvalue weighted by atomic mass is 10.1. The van der Waals surface area contributed by atoms with Crippen LogP contribution < -0.4 is 4.90 Å². The molecule has 8 heteroatoms. The molecular weight excluding hydrogens is 439 g/mol. The van der Waals surface area contributed by atoms with Crippen molar-refractivity contribution in [2.45, 2.75) is 6.42 Å². The van der Waals surface area contributed by atoms with Crippen LogP contribution >= 0.6 is 22.6 Å². The Kier molecular flexibility index (Phi) is 4.71. The number of non-ortho nitro benzene ring substituents is 1. The van der Waals surface area contributed by atoms with Crippen molar-refractivity contribution < 1.29 is 19.2 Å². The minimum Gasteiger partial charge on any atom is -0.465 e. The van der Waals surface area contributed by atoms with Gasteiger partial charge >= 0.3 is 5.97 Å². The molecular formula is C17H13IN2O5. The summed E-state index contributed by atoms with van der Waals surface area (Å²) in [4.78, 5) is 36.5. The summed E-state index contributed by atoms with van der Waals surface area (Å²) in [6.45, 7) is 0.456. The highest BCUT2D eigenvalue weighted by Crippen LogP contribution is 2.32. The summed E-state index contributed by atoms with van der Waals surface area (Å²) in [5, 5.41) is 11.0. The molecule has 3 rings (SSSR count). The molecule has 0 aliphatic carbocycles. The minimum absolute atomic E-state index is 0.121. The summed E-state index contributed by atoms with van der Waals surface area (Å²) >= 11 is 1.99. The number of benzene rings is 2. The van der Waals surface area contributed by atoms with Crippen LogP contribution in [0.3, 0.4) is 0 Å². The molecule has 0 saturated heterocycles. The molecule has 1 aliphatic heterocycles. The van der Waals surface area contributed by atoms with Gasteiger partial charge in [-0.15, -0.1) is 0 Å². The van der Waals surface area contributed by atoms with Gasteiger partial charge in [-0.05, 0) is 58.8 Å². The smallest absolute Gasteiger partial charge is 0.337 e. The zero-order valence-corrected chi connectivity index (χ0v) is 15.3. The number of halogens is 1. The van der Waals surface area contributed by atoms with Crippen molar-refractivity contribution in [3.63, 3.8) is 0 Å². The fourth-order valence-corrected chi connectivity index (χ4v) is 3.36. The molecule has 0 spiro atoms. The van der Waals surface area contributed by atoms with E-state index in [1.807, 2.05) is 22.6 Å². The molecule has 25 heavy (non-hydrogen) atoms. The molecule has 0 fully saturated rings. The molecule has 2 aromatic carbocycles. The maximum absolute atomic E-state index is 12.9. The number of rotatable bonds is 3. The zero-order valence-electron chi connectivity index (χ0n) is 13.2. The van der Waals surface area contributed by atoms with Gasteiger partial charge in [-0.2, -0.15) is 0 Å². The Labute approximate surface area is 156 Å². The highest BCUT2D eigenvalue weighted by Gasteiger charge is 2.28. The van der Waals surface area contributed by atoms with Crippen LogP contribution in [0.15, 0.2) is 36.4 Å². The van der Waals surface area contributed by atoms with Gasteiger partial charge < -0.3 is 9.64 Å². The van der Waals surface area contributed by atoms with E-state index in [0.717, 1.165) is 5.56 Å². The quantitative estimate of drug-likeness (QED) is 0.309. The number of nitro benzene ring substituents is 1. The van der Waals surface area contributed by atoms with E-state index in [1.165, 1.54) is 19.2 Å². The van der Waals surface area contributed by atoms with Gasteiger partial charge in [0.15, 0.2) is 0 Å². The van der Waals surface area contributed by atoms with Crippen LogP contribution in [0.4, 0.5) is 11.4 Å². The first-order valence-corrected chi connectivity index (χ1v) is 8.47. The van der Waals surface area contributed by atoms with Crippen LogP contribution in [-0.4, -0.2) is 30.5 Å². The van der Waals surface area contributed by atoms with Gasteiger partial charge in [0.2, 0.25) is 0 Å². The summed E-state index contributed by atoms with van der Waals surface area (Å²) < 4.78 is 5.35. The van der Waals surface area contributed by atoms with Crippen molar-refractivity contribution in [1.82, 2.24) is 0 Å². The van der Waals surface area contributed by atoms with E-state index in [4.69, 9.17) is 4.74 Å². The Bertz CT molecular complexity index is 897. The number of hydrogen-bond acceptors (Lipinski definition) is 5. The predicted molar refractivity (Wildman–Crippen MR) is 99.0 cm³/mol. The van der Waals surface area contributed by atoms with Crippen LogP contribution in [0, 0.1) is 13.7 Å². The summed E-state index contributed by atoms with van der Waals surface area (Å²) in [5.74, 6) is -0.724. The average molecular weight is 452 g/mol. The molecule has 0 saturated carbocycles. The van der Waals surface area contributed by atoms with E-state index < -0.39 is 10.9 Å². The first-order valence-electron chi connectivity index (χ1n) is 7.39. The number of nitro groups is 1. The Morgan fingerprint density at radius 3 is 2.68 bits per heavy atom. The van der Waals surface area contributed by atoms with E-state index in [2.05, 4.69) is 0 Å².